The van der Waals surface area contributed by atoms with Crippen molar-refractivity contribution >= 4 is 29.1 Å². The molecule has 1 aromatic heterocycles. The summed E-state index contributed by atoms with van der Waals surface area (Å²) in [6, 6.07) is 4.49. The first-order valence-corrected chi connectivity index (χ1v) is 6.16. The van der Waals surface area contributed by atoms with E-state index in [1.807, 2.05) is 6.92 Å². The first kappa shape index (κ1) is 14.1. The molecule has 0 aliphatic rings. The number of methoxy groups -OCH3 is 1. The van der Waals surface area contributed by atoms with Gasteiger partial charge in [0.1, 0.15) is 5.75 Å². The predicted molar refractivity (Wildman–Crippen MR) is 77.4 cm³/mol. The van der Waals surface area contributed by atoms with E-state index in [1.54, 1.807) is 24.4 Å². The quantitative estimate of drug-likeness (QED) is 0.911. The summed E-state index contributed by atoms with van der Waals surface area (Å²) in [5, 5.41) is 5.70. The summed E-state index contributed by atoms with van der Waals surface area (Å²) < 4.78 is 5.14. The molecule has 0 aliphatic heterocycles. The number of anilines is 2. The van der Waals surface area contributed by atoms with Gasteiger partial charge in [-0.1, -0.05) is 11.6 Å². The third kappa shape index (κ3) is 3.58. The van der Waals surface area contributed by atoms with Crippen LogP contribution in [0.5, 0.6) is 5.75 Å². The standard InChI is InChI=1S/C13H13ClN4O2/c1-8-6-16-12(7-15-8)18-13(19)17-10-5-9(14)3-4-11(10)20-2/h3-7H,1-2H3,(H2,16,17,18,19). The highest BCUT2D eigenvalue weighted by atomic mass is 35.5. The van der Waals surface area contributed by atoms with Gasteiger partial charge in [-0.25, -0.2) is 9.78 Å². The normalized spacial score (nSPS) is 9.95. The molecule has 2 N–H and O–H groups in total. The third-order valence-corrected chi connectivity index (χ3v) is 2.67. The lowest BCUT2D eigenvalue weighted by Gasteiger charge is -2.11. The Morgan fingerprint density at radius 3 is 2.70 bits per heavy atom. The van der Waals surface area contributed by atoms with Crippen molar-refractivity contribution in [1.82, 2.24) is 9.97 Å². The summed E-state index contributed by atoms with van der Waals surface area (Å²) in [4.78, 5) is 19.9. The molecule has 1 aromatic carbocycles. The number of carbonyl (C=O) groups excluding carboxylic acids is 1. The molecule has 0 radical (unpaired) electrons. The molecule has 6 nitrogen and oxygen atoms in total. The van der Waals surface area contributed by atoms with E-state index in [1.165, 1.54) is 13.3 Å². The fourth-order valence-electron chi connectivity index (χ4n) is 1.50. The summed E-state index contributed by atoms with van der Waals surface area (Å²) in [7, 11) is 1.51. The second-order valence-corrected chi connectivity index (χ2v) is 4.40. The van der Waals surface area contributed by atoms with E-state index in [9.17, 15) is 4.79 Å². The highest BCUT2D eigenvalue weighted by Crippen LogP contribution is 2.27. The maximum Gasteiger partial charge on any atom is 0.325 e. The number of hydrogen-bond donors (Lipinski definition) is 2. The number of nitrogens with one attached hydrogen (secondary N) is 2. The second kappa shape index (κ2) is 6.21. The van der Waals surface area contributed by atoms with Crippen molar-refractivity contribution in [2.75, 3.05) is 17.7 Å². The predicted octanol–water partition coefficient (Wildman–Crippen LogP) is 3.09. The molecule has 104 valence electrons. The van der Waals surface area contributed by atoms with Crippen molar-refractivity contribution in [3.63, 3.8) is 0 Å². The number of aromatic nitrogens is 2. The van der Waals surface area contributed by atoms with Gasteiger partial charge in [0.15, 0.2) is 5.82 Å². The van der Waals surface area contributed by atoms with Gasteiger partial charge < -0.3 is 10.1 Å². The Bertz CT molecular complexity index is 616. The Kier molecular flexibility index (Phi) is 4.37. The maximum atomic E-state index is 11.9. The van der Waals surface area contributed by atoms with E-state index in [-0.39, 0.29) is 0 Å². The summed E-state index contributed by atoms with van der Waals surface area (Å²) >= 11 is 5.89. The van der Waals surface area contributed by atoms with Gasteiger partial charge in [0.25, 0.3) is 0 Å². The average molecular weight is 293 g/mol. The molecule has 7 heteroatoms. The van der Waals surface area contributed by atoms with Crippen molar-refractivity contribution in [2.24, 2.45) is 0 Å². The van der Waals surface area contributed by atoms with Crippen LogP contribution >= 0.6 is 11.6 Å². The van der Waals surface area contributed by atoms with Gasteiger partial charge in [-0.05, 0) is 25.1 Å². The molecule has 2 rings (SSSR count). The number of halogens is 1. The molecule has 0 saturated carbocycles. The number of carbonyl (C=O) groups is 1. The van der Waals surface area contributed by atoms with Gasteiger partial charge in [-0.2, -0.15) is 0 Å². The molecule has 0 unspecified atom stereocenters. The monoisotopic (exact) mass is 292 g/mol. The topological polar surface area (TPSA) is 76.1 Å². The maximum absolute atomic E-state index is 11.9. The van der Waals surface area contributed by atoms with Gasteiger partial charge in [-0.15, -0.1) is 0 Å². The van der Waals surface area contributed by atoms with E-state index in [4.69, 9.17) is 16.3 Å². The Labute approximate surface area is 121 Å². The van der Waals surface area contributed by atoms with Crippen molar-refractivity contribution in [3.05, 3.63) is 41.3 Å². The summed E-state index contributed by atoms with van der Waals surface area (Å²) in [5.41, 5.74) is 1.24. The number of nitrogens with zero attached hydrogens (tertiary/aromatic N) is 2. The molecule has 2 amide bonds. The zero-order valence-electron chi connectivity index (χ0n) is 11.0. The molecule has 0 bridgehead atoms. The molecule has 20 heavy (non-hydrogen) atoms. The number of amides is 2. The molecule has 0 fully saturated rings. The van der Waals surface area contributed by atoms with Gasteiger partial charge in [0.2, 0.25) is 0 Å². The highest BCUT2D eigenvalue weighted by Gasteiger charge is 2.09. The number of rotatable bonds is 3. The van der Waals surface area contributed by atoms with Crippen molar-refractivity contribution in [2.45, 2.75) is 6.92 Å². The van der Waals surface area contributed by atoms with Crippen LogP contribution in [0.15, 0.2) is 30.6 Å². The Balaban J connectivity index is 2.08. The van der Waals surface area contributed by atoms with E-state index in [0.717, 1.165) is 5.69 Å². The lowest BCUT2D eigenvalue weighted by Crippen LogP contribution is -2.20. The molecule has 1 heterocycles. The van der Waals surface area contributed by atoms with Crippen LogP contribution < -0.4 is 15.4 Å². The lowest BCUT2D eigenvalue weighted by atomic mass is 10.3. The van der Waals surface area contributed by atoms with Crippen LogP contribution in [-0.4, -0.2) is 23.1 Å². The minimum atomic E-state index is -0.455. The zero-order chi connectivity index (χ0) is 14.5. The van der Waals surface area contributed by atoms with E-state index in [0.29, 0.717) is 22.3 Å². The number of ether oxygens (including phenoxy) is 1. The average Bonchev–Trinajstić information content (AvgIpc) is 2.41. The first-order chi connectivity index (χ1) is 9.58. The van der Waals surface area contributed by atoms with Crippen LogP contribution in [0.1, 0.15) is 5.69 Å². The summed E-state index contributed by atoms with van der Waals surface area (Å²) in [6.45, 7) is 1.81. The smallest absolute Gasteiger partial charge is 0.325 e. The van der Waals surface area contributed by atoms with Crippen LogP contribution in [0.25, 0.3) is 0 Å². The molecule has 0 spiro atoms. The van der Waals surface area contributed by atoms with Crippen LogP contribution in [-0.2, 0) is 0 Å². The lowest BCUT2D eigenvalue weighted by molar-refractivity contribution is 0.262. The molecular formula is C13H13ClN4O2. The van der Waals surface area contributed by atoms with Gasteiger partial charge in [0, 0.05) is 5.02 Å². The van der Waals surface area contributed by atoms with Crippen LogP contribution in [0.3, 0.4) is 0 Å². The Morgan fingerprint density at radius 2 is 2.05 bits per heavy atom. The van der Waals surface area contributed by atoms with Crippen LogP contribution in [0.2, 0.25) is 5.02 Å². The van der Waals surface area contributed by atoms with E-state index < -0.39 is 6.03 Å². The number of benzene rings is 1. The van der Waals surface area contributed by atoms with Crippen molar-refractivity contribution in [1.29, 1.82) is 0 Å². The summed E-state index contributed by atoms with van der Waals surface area (Å²) in [5.74, 6) is 0.869. The second-order valence-electron chi connectivity index (χ2n) is 3.97. The van der Waals surface area contributed by atoms with Crippen LogP contribution in [0.4, 0.5) is 16.3 Å². The fraction of sp³-hybridized carbons (Fsp3) is 0.154. The third-order valence-electron chi connectivity index (χ3n) is 2.43. The van der Waals surface area contributed by atoms with Crippen LogP contribution in [0, 0.1) is 6.92 Å². The number of urea groups is 1. The van der Waals surface area contributed by atoms with Gasteiger partial charge in [-0.3, -0.25) is 10.3 Å². The Morgan fingerprint density at radius 1 is 1.25 bits per heavy atom. The van der Waals surface area contributed by atoms with E-state index in [2.05, 4.69) is 20.6 Å². The molecule has 2 aromatic rings. The first-order valence-electron chi connectivity index (χ1n) is 5.78. The fourth-order valence-corrected chi connectivity index (χ4v) is 1.68. The Hall–Kier alpha value is -2.34. The number of aryl methyl sites for hydroxylation is 1. The number of hydrogen-bond acceptors (Lipinski definition) is 4. The highest BCUT2D eigenvalue weighted by molar-refractivity contribution is 6.31. The van der Waals surface area contributed by atoms with Gasteiger partial charge >= 0.3 is 6.03 Å². The largest absolute Gasteiger partial charge is 0.495 e. The minimum Gasteiger partial charge on any atom is -0.495 e. The SMILES string of the molecule is COc1ccc(Cl)cc1NC(=O)Nc1cnc(C)cn1. The minimum absolute atomic E-state index is 0.356. The molecule has 0 saturated heterocycles. The van der Waals surface area contributed by atoms with Gasteiger partial charge in [0.05, 0.1) is 30.9 Å². The molecule has 0 atom stereocenters. The molecule has 0 aliphatic carbocycles. The zero-order valence-corrected chi connectivity index (χ0v) is 11.7. The molecular weight excluding hydrogens is 280 g/mol. The van der Waals surface area contributed by atoms with E-state index >= 15 is 0 Å². The summed E-state index contributed by atoms with van der Waals surface area (Å²) in [6.07, 6.45) is 3.04. The van der Waals surface area contributed by atoms with Crippen molar-refractivity contribution in [3.8, 4) is 5.75 Å². The van der Waals surface area contributed by atoms with Crippen molar-refractivity contribution < 1.29 is 9.53 Å².